The molecule has 0 aromatic carbocycles. The molecule has 0 saturated carbocycles. The zero-order valence-corrected chi connectivity index (χ0v) is 8.23. The SMILES string of the molecule is CC1(C)S[C@@H]2CC(=O)N2[C@H]1CN. The number of amides is 1. The van der Waals surface area contributed by atoms with Crippen LogP contribution in [-0.2, 0) is 4.79 Å². The van der Waals surface area contributed by atoms with E-state index in [9.17, 15) is 4.79 Å². The fourth-order valence-corrected chi connectivity index (χ4v) is 3.71. The van der Waals surface area contributed by atoms with Gasteiger partial charge in [0.05, 0.1) is 17.8 Å². The molecule has 0 radical (unpaired) electrons. The summed E-state index contributed by atoms with van der Waals surface area (Å²) in [4.78, 5) is 13.2. The molecule has 3 nitrogen and oxygen atoms in total. The number of fused-ring (bicyclic) bond motifs is 1. The maximum Gasteiger partial charge on any atom is 0.226 e. The Hall–Kier alpha value is -0.220. The molecule has 68 valence electrons. The second-order valence-corrected chi connectivity index (χ2v) is 5.76. The Morgan fingerprint density at radius 3 is 2.83 bits per heavy atom. The van der Waals surface area contributed by atoms with Crippen LogP contribution < -0.4 is 5.73 Å². The summed E-state index contributed by atoms with van der Waals surface area (Å²) < 4.78 is 0.144. The normalized spacial score (nSPS) is 37.9. The van der Waals surface area contributed by atoms with Crippen LogP contribution in [0.2, 0.25) is 0 Å². The van der Waals surface area contributed by atoms with Crippen LogP contribution in [0.3, 0.4) is 0 Å². The Labute approximate surface area is 76.7 Å². The molecule has 2 aliphatic rings. The molecule has 0 spiro atoms. The van der Waals surface area contributed by atoms with E-state index in [0.717, 1.165) is 0 Å². The number of thioether (sulfide) groups is 1. The molecule has 0 unspecified atom stereocenters. The summed E-state index contributed by atoms with van der Waals surface area (Å²) in [5.74, 6) is 0.272. The van der Waals surface area contributed by atoms with Gasteiger partial charge in [0, 0.05) is 11.3 Å². The Morgan fingerprint density at radius 2 is 2.42 bits per heavy atom. The zero-order valence-electron chi connectivity index (χ0n) is 7.41. The standard InChI is InChI=1S/C8H14N2OS/c1-8(2)5(4-9)10-6(11)3-7(10)12-8/h5,7H,3-4,9H2,1-2H3/t5-,7+/m0/s1. The molecule has 2 heterocycles. The van der Waals surface area contributed by atoms with Crippen molar-refractivity contribution in [2.45, 2.75) is 36.4 Å². The molecule has 2 atom stereocenters. The van der Waals surface area contributed by atoms with Crippen molar-refractivity contribution < 1.29 is 4.79 Å². The van der Waals surface area contributed by atoms with E-state index < -0.39 is 0 Å². The predicted octanol–water partition coefficient (Wildman–Crippen LogP) is 0.398. The topological polar surface area (TPSA) is 46.3 Å². The Bertz CT molecular complexity index is 229. The summed E-state index contributed by atoms with van der Waals surface area (Å²) >= 11 is 1.88. The molecule has 0 aliphatic carbocycles. The van der Waals surface area contributed by atoms with E-state index in [-0.39, 0.29) is 16.7 Å². The van der Waals surface area contributed by atoms with Gasteiger partial charge in [0.25, 0.3) is 0 Å². The van der Waals surface area contributed by atoms with E-state index in [1.165, 1.54) is 0 Å². The van der Waals surface area contributed by atoms with Gasteiger partial charge in [0.1, 0.15) is 0 Å². The van der Waals surface area contributed by atoms with E-state index >= 15 is 0 Å². The molecular weight excluding hydrogens is 172 g/mol. The maximum atomic E-state index is 11.2. The smallest absolute Gasteiger partial charge is 0.226 e. The Balaban J connectivity index is 2.21. The third-order valence-electron chi connectivity index (χ3n) is 2.75. The van der Waals surface area contributed by atoms with Crippen molar-refractivity contribution in [1.82, 2.24) is 4.90 Å². The minimum absolute atomic E-state index is 0.144. The lowest BCUT2D eigenvalue weighted by Crippen LogP contribution is -2.56. The summed E-state index contributed by atoms with van der Waals surface area (Å²) in [5.41, 5.74) is 5.65. The van der Waals surface area contributed by atoms with Crippen molar-refractivity contribution in [2.75, 3.05) is 6.54 Å². The molecule has 12 heavy (non-hydrogen) atoms. The number of nitrogens with zero attached hydrogens (tertiary/aromatic N) is 1. The van der Waals surface area contributed by atoms with Crippen molar-refractivity contribution in [3.63, 3.8) is 0 Å². The number of nitrogens with two attached hydrogens (primary N) is 1. The molecular formula is C8H14N2OS. The largest absolute Gasteiger partial charge is 0.328 e. The van der Waals surface area contributed by atoms with E-state index in [2.05, 4.69) is 13.8 Å². The summed E-state index contributed by atoms with van der Waals surface area (Å²) in [5, 5.41) is 0.418. The van der Waals surface area contributed by atoms with Crippen LogP contribution in [0.4, 0.5) is 0 Å². The number of β-lactam (4-membered cyclic amide) rings is 1. The first-order valence-electron chi connectivity index (χ1n) is 4.25. The molecule has 2 aliphatic heterocycles. The third-order valence-corrected chi connectivity index (χ3v) is 4.29. The van der Waals surface area contributed by atoms with Gasteiger partial charge >= 0.3 is 0 Å². The average molecular weight is 186 g/mol. The van der Waals surface area contributed by atoms with Crippen LogP contribution in [0.1, 0.15) is 20.3 Å². The van der Waals surface area contributed by atoms with Gasteiger partial charge in [-0.3, -0.25) is 4.79 Å². The third kappa shape index (κ3) is 0.910. The summed E-state index contributed by atoms with van der Waals surface area (Å²) in [6, 6.07) is 0.244. The molecule has 0 bridgehead atoms. The second kappa shape index (κ2) is 2.39. The molecule has 1 amide bonds. The van der Waals surface area contributed by atoms with Gasteiger partial charge in [-0.2, -0.15) is 0 Å². The van der Waals surface area contributed by atoms with E-state index in [1.807, 2.05) is 16.7 Å². The predicted molar refractivity (Wildman–Crippen MR) is 49.8 cm³/mol. The minimum Gasteiger partial charge on any atom is -0.328 e. The zero-order chi connectivity index (χ0) is 8.93. The Kier molecular flexibility index (Phi) is 1.67. The first-order chi connectivity index (χ1) is 5.56. The molecule has 2 saturated heterocycles. The van der Waals surface area contributed by atoms with Crippen molar-refractivity contribution in [3.8, 4) is 0 Å². The molecule has 0 aromatic rings. The first kappa shape index (κ1) is 8.38. The van der Waals surface area contributed by atoms with E-state index in [0.29, 0.717) is 18.3 Å². The van der Waals surface area contributed by atoms with Crippen LogP contribution in [0.5, 0.6) is 0 Å². The van der Waals surface area contributed by atoms with Crippen molar-refractivity contribution in [3.05, 3.63) is 0 Å². The molecule has 0 aromatic heterocycles. The number of hydrogen-bond acceptors (Lipinski definition) is 3. The monoisotopic (exact) mass is 186 g/mol. The van der Waals surface area contributed by atoms with Crippen molar-refractivity contribution in [2.24, 2.45) is 5.73 Å². The number of carbonyl (C=O) groups excluding carboxylic acids is 1. The number of hydrogen-bond donors (Lipinski definition) is 1. The van der Waals surface area contributed by atoms with Crippen LogP contribution in [0.25, 0.3) is 0 Å². The fourth-order valence-electron chi connectivity index (χ4n) is 2.04. The highest BCUT2D eigenvalue weighted by molar-refractivity contribution is 8.01. The Morgan fingerprint density at radius 1 is 1.75 bits per heavy atom. The van der Waals surface area contributed by atoms with E-state index in [4.69, 9.17) is 5.73 Å². The van der Waals surface area contributed by atoms with Crippen LogP contribution in [0.15, 0.2) is 0 Å². The highest BCUT2D eigenvalue weighted by atomic mass is 32.2. The first-order valence-corrected chi connectivity index (χ1v) is 5.13. The van der Waals surface area contributed by atoms with Crippen LogP contribution in [-0.4, -0.2) is 33.5 Å². The average Bonchev–Trinajstić information content (AvgIpc) is 2.17. The quantitative estimate of drug-likeness (QED) is 0.603. The second-order valence-electron chi connectivity index (χ2n) is 3.93. The highest BCUT2D eigenvalue weighted by Crippen LogP contribution is 2.49. The van der Waals surface area contributed by atoms with Crippen LogP contribution in [0, 0.1) is 0 Å². The van der Waals surface area contributed by atoms with Crippen molar-refractivity contribution in [1.29, 1.82) is 0 Å². The molecule has 2 fully saturated rings. The molecule has 2 rings (SSSR count). The number of carbonyl (C=O) groups is 1. The maximum absolute atomic E-state index is 11.2. The minimum atomic E-state index is 0.144. The van der Waals surface area contributed by atoms with Gasteiger partial charge in [-0.15, -0.1) is 11.8 Å². The highest BCUT2D eigenvalue weighted by Gasteiger charge is 2.54. The van der Waals surface area contributed by atoms with Gasteiger partial charge < -0.3 is 10.6 Å². The van der Waals surface area contributed by atoms with Crippen LogP contribution >= 0.6 is 11.8 Å². The molecule has 2 N–H and O–H groups in total. The lowest BCUT2D eigenvalue weighted by molar-refractivity contribution is -0.143. The van der Waals surface area contributed by atoms with Crippen molar-refractivity contribution >= 4 is 17.7 Å². The molecule has 4 heteroatoms. The van der Waals surface area contributed by atoms with Gasteiger partial charge in [-0.05, 0) is 13.8 Å². The van der Waals surface area contributed by atoms with E-state index in [1.54, 1.807) is 0 Å². The fraction of sp³-hybridized carbons (Fsp3) is 0.875. The summed E-state index contributed by atoms with van der Waals surface area (Å²) in [7, 11) is 0. The lowest BCUT2D eigenvalue weighted by Gasteiger charge is -2.38. The van der Waals surface area contributed by atoms with Gasteiger partial charge in [-0.25, -0.2) is 0 Å². The lowest BCUT2D eigenvalue weighted by atomic mass is 9.98. The van der Waals surface area contributed by atoms with Gasteiger partial charge in [0.2, 0.25) is 5.91 Å². The summed E-state index contributed by atoms with van der Waals surface area (Å²) in [6.07, 6.45) is 0.713. The summed E-state index contributed by atoms with van der Waals surface area (Å²) in [6.45, 7) is 4.92. The van der Waals surface area contributed by atoms with Gasteiger partial charge in [0.15, 0.2) is 0 Å². The van der Waals surface area contributed by atoms with Gasteiger partial charge in [-0.1, -0.05) is 0 Å². The number of rotatable bonds is 1.